The molecule has 1 fully saturated rings. The molecular weight excluding hydrogens is 262 g/mol. The highest BCUT2D eigenvalue weighted by molar-refractivity contribution is 5.07. The summed E-state index contributed by atoms with van der Waals surface area (Å²) in [6.45, 7) is 7.30. The molecule has 0 radical (unpaired) electrons. The molecule has 0 spiro atoms. The van der Waals surface area contributed by atoms with Crippen molar-refractivity contribution in [3.63, 3.8) is 0 Å². The molecule has 3 heterocycles. The molecular formula is C16H25N5. The fourth-order valence-electron chi connectivity index (χ4n) is 3.26. The molecule has 1 aliphatic rings. The Hall–Kier alpha value is -1.62. The van der Waals surface area contributed by atoms with E-state index < -0.39 is 0 Å². The van der Waals surface area contributed by atoms with Crippen LogP contribution < -0.4 is 0 Å². The Bertz CT molecular complexity index is 598. The summed E-state index contributed by atoms with van der Waals surface area (Å²) in [5, 5.41) is 4.62. The van der Waals surface area contributed by atoms with E-state index in [4.69, 9.17) is 0 Å². The largest absolute Gasteiger partial charge is 0.337 e. The number of likely N-dealkylation sites (tertiary alicyclic amines) is 1. The van der Waals surface area contributed by atoms with Gasteiger partial charge in [-0.2, -0.15) is 5.10 Å². The summed E-state index contributed by atoms with van der Waals surface area (Å²) < 4.78 is 4.28. The standard InChI is InChI=1S/C16H25N5/c1-13-10-14(2)21(18-13)11-15-6-4-5-8-20(15)12-16-17-7-9-19(16)3/h7,9-10,15H,4-6,8,11-12H2,1-3H3. The quantitative estimate of drug-likeness (QED) is 0.866. The van der Waals surface area contributed by atoms with Crippen LogP contribution in [0.1, 0.15) is 36.5 Å². The molecule has 5 heteroatoms. The van der Waals surface area contributed by atoms with Gasteiger partial charge in [-0.3, -0.25) is 9.58 Å². The molecule has 0 bridgehead atoms. The van der Waals surface area contributed by atoms with Gasteiger partial charge in [-0.15, -0.1) is 0 Å². The highest BCUT2D eigenvalue weighted by Crippen LogP contribution is 2.21. The van der Waals surface area contributed by atoms with Gasteiger partial charge >= 0.3 is 0 Å². The van der Waals surface area contributed by atoms with Crippen LogP contribution in [0.15, 0.2) is 18.5 Å². The lowest BCUT2D eigenvalue weighted by Gasteiger charge is -2.35. The van der Waals surface area contributed by atoms with Crippen molar-refractivity contribution in [2.24, 2.45) is 7.05 Å². The van der Waals surface area contributed by atoms with Crippen molar-refractivity contribution >= 4 is 0 Å². The Labute approximate surface area is 126 Å². The Morgan fingerprint density at radius 2 is 2.14 bits per heavy atom. The summed E-state index contributed by atoms with van der Waals surface area (Å²) in [5.74, 6) is 1.15. The minimum absolute atomic E-state index is 0.563. The zero-order valence-electron chi connectivity index (χ0n) is 13.3. The molecule has 2 aromatic rings. The molecule has 1 atom stereocenters. The van der Waals surface area contributed by atoms with Gasteiger partial charge in [-0.1, -0.05) is 6.42 Å². The first-order chi connectivity index (χ1) is 10.1. The van der Waals surface area contributed by atoms with E-state index in [-0.39, 0.29) is 0 Å². The van der Waals surface area contributed by atoms with Gasteiger partial charge in [0.05, 0.1) is 18.8 Å². The van der Waals surface area contributed by atoms with E-state index in [2.05, 4.69) is 51.2 Å². The summed E-state index contributed by atoms with van der Waals surface area (Å²) in [6, 6.07) is 2.72. The highest BCUT2D eigenvalue weighted by Gasteiger charge is 2.24. The SMILES string of the molecule is Cc1cc(C)n(CC2CCCCN2Cc2nccn2C)n1. The Morgan fingerprint density at radius 3 is 2.81 bits per heavy atom. The van der Waals surface area contributed by atoms with Crippen LogP contribution in [0.2, 0.25) is 0 Å². The molecule has 5 nitrogen and oxygen atoms in total. The number of aryl methyl sites for hydroxylation is 3. The molecule has 0 aromatic carbocycles. The second-order valence-corrected chi connectivity index (χ2v) is 6.18. The van der Waals surface area contributed by atoms with Gasteiger partial charge in [0.15, 0.2) is 0 Å². The Morgan fingerprint density at radius 1 is 1.29 bits per heavy atom. The van der Waals surface area contributed by atoms with E-state index in [0.29, 0.717) is 6.04 Å². The van der Waals surface area contributed by atoms with E-state index in [0.717, 1.165) is 31.2 Å². The molecule has 2 aromatic heterocycles. The summed E-state index contributed by atoms with van der Waals surface area (Å²) in [5.41, 5.74) is 2.37. The van der Waals surface area contributed by atoms with E-state index >= 15 is 0 Å². The third-order valence-electron chi connectivity index (χ3n) is 4.50. The first-order valence-corrected chi connectivity index (χ1v) is 7.85. The molecule has 1 aliphatic heterocycles. The average Bonchev–Trinajstić information content (AvgIpc) is 2.99. The van der Waals surface area contributed by atoms with E-state index in [1.165, 1.54) is 25.0 Å². The first-order valence-electron chi connectivity index (χ1n) is 7.85. The zero-order chi connectivity index (χ0) is 14.8. The van der Waals surface area contributed by atoms with Crippen molar-refractivity contribution in [1.29, 1.82) is 0 Å². The normalized spacial score (nSPS) is 20.0. The van der Waals surface area contributed by atoms with Gasteiger partial charge in [0.1, 0.15) is 5.82 Å². The van der Waals surface area contributed by atoms with Crippen molar-refractivity contribution in [3.05, 3.63) is 35.7 Å². The van der Waals surface area contributed by atoms with Gasteiger partial charge in [-0.25, -0.2) is 4.98 Å². The van der Waals surface area contributed by atoms with Crippen LogP contribution >= 0.6 is 0 Å². The molecule has 21 heavy (non-hydrogen) atoms. The smallest absolute Gasteiger partial charge is 0.122 e. The number of aromatic nitrogens is 4. The lowest BCUT2D eigenvalue weighted by atomic mass is 10.0. The highest BCUT2D eigenvalue weighted by atomic mass is 15.3. The third-order valence-corrected chi connectivity index (χ3v) is 4.50. The molecule has 0 aliphatic carbocycles. The second kappa shape index (κ2) is 6.02. The van der Waals surface area contributed by atoms with Crippen LogP contribution in [0.5, 0.6) is 0 Å². The Balaban J connectivity index is 1.72. The summed E-state index contributed by atoms with van der Waals surface area (Å²) >= 11 is 0. The van der Waals surface area contributed by atoms with Crippen LogP contribution in [0, 0.1) is 13.8 Å². The van der Waals surface area contributed by atoms with Crippen LogP contribution in [0.4, 0.5) is 0 Å². The molecule has 114 valence electrons. The minimum Gasteiger partial charge on any atom is -0.337 e. The predicted octanol–water partition coefficient (Wildman–Crippen LogP) is 2.29. The summed E-state index contributed by atoms with van der Waals surface area (Å²) in [6.07, 6.45) is 7.77. The maximum Gasteiger partial charge on any atom is 0.122 e. The van der Waals surface area contributed by atoms with E-state index in [9.17, 15) is 0 Å². The van der Waals surface area contributed by atoms with Gasteiger partial charge in [-0.05, 0) is 39.3 Å². The monoisotopic (exact) mass is 287 g/mol. The summed E-state index contributed by atoms with van der Waals surface area (Å²) in [7, 11) is 2.07. The van der Waals surface area contributed by atoms with E-state index in [1.54, 1.807) is 0 Å². The van der Waals surface area contributed by atoms with Crippen molar-refractivity contribution in [1.82, 2.24) is 24.2 Å². The van der Waals surface area contributed by atoms with Gasteiger partial charge < -0.3 is 4.57 Å². The zero-order valence-corrected chi connectivity index (χ0v) is 13.3. The van der Waals surface area contributed by atoms with Crippen LogP contribution in [-0.4, -0.2) is 36.8 Å². The van der Waals surface area contributed by atoms with Gasteiger partial charge in [0, 0.05) is 31.2 Å². The predicted molar refractivity (Wildman–Crippen MR) is 83.0 cm³/mol. The van der Waals surface area contributed by atoms with Crippen molar-refractivity contribution in [2.45, 2.75) is 52.2 Å². The first kappa shape index (κ1) is 14.3. The number of piperidine rings is 1. The number of rotatable bonds is 4. The molecule has 0 N–H and O–H groups in total. The number of imidazole rings is 1. The van der Waals surface area contributed by atoms with Crippen molar-refractivity contribution in [2.75, 3.05) is 6.54 Å². The molecule has 1 saturated heterocycles. The van der Waals surface area contributed by atoms with Gasteiger partial charge in [0.25, 0.3) is 0 Å². The van der Waals surface area contributed by atoms with Crippen molar-refractivity contribution < 1.29 is 0 Å². The second-order valence-electron chi connectivity index (χ2n) is 6.18. The number of hydrogen-bond acceptors (Lipinski definition) is 3. The topological polar surface area (TPSA) is 38.9 Å². The van der Waals surface area contributed by atoms with Gasteiger partial charge in [0.2, 0.25) is 0 Å². The number of nitrogens with zero attached hydrogens (tertiary/aromatic N) is 5. The minimum atomic E-state index is 0.563. The lowest BCUT2D eigenvalue weighted by Crippen LogP contribution is -2.42. The molecule has 1 unspecified atom stereocenters. The van der Waals surface area contributed by atoms with Crippen molar-refractivity contribution in [3.8, 4) is 0 Å². The fraction of sp³-hybridized carbons (Fsp3) is 0.625. The fourth-order valence-corrected chi connectivity index (χ4v) is 3.26. The molecule has 0 saturated carbocycles. The van der Waals surface area contributed by atoms with Crippen LogP contribution in [0.25, 0.3) is 0 Å². The van der Waals surface area contributed by atoms with Crippen LogP contribution in [-0.2, 0) is 20.1 Å². The maximum atomic E-state index is 4.62. The molecule has 0 amide bonds. The third kappa shape index (κ3) is 3.18. The average molecular weight is 287 g/mol. The summed E-state index contributed by atoms with van der Waals surface area (Å²) in [4.78, 5) is 7.04. The maximum absolute atomic E-state index is 4.62. The lowest BCUT2D eigenvalue weighted by molar-refractivity contribution is 0.117. The van der Waals surface area contributed by atoms with E-state index in [1.807, 2.05) is 12.4 Å². The molecule has 3 rings (SSSR count). The Kier molecular flexibility index (Phi) is 4.10. The van der Waals surface area contributed by atoms with Crippen LogP contribution in [0.3, 0.4) is 0 Å². The number of hydrogen-bond donors (Lipinski definition) is 0.